The summed E-state index contributed by atoms with van der Waals surface area (Å²) in [7, 11) is 0. The number of hydrogen-bond donors (Lipinski definition) is 3. The molecule has 0 aliphatic carbocycles. The highest BCUT2D eigenvalue weighted by Crippen LogP contribution is 2.25. The van der Waals surface area contributed by atoms with Crippen LogP contribution in [0.4, 0.5) is 8.78 Å². The maximum absolute atomic E-state index is 13.2. The lowest BCUT2D eigenvalue weighted by atomic mass is 10.0. The van der Waals surface area contributed by atoms with Crippen LogP contribution in [0.15, 0.2) is 18.2 Å². The van der Waals surface area contributed by atoms with Crippen molar-refractivity contribution in [2.45, 2.75) is 18.9 Å². The van der Waals surface area contributed by atoms with E-state index in [1.165, 1.54) is 12.1 Å². The fraction of sp³-hybridized carbons (Fsp3) is 0.333. The van der Waals surface area contributed by atoms with Crippen molar-refractivity contribution in [1.29, 1.82) is 0 Å². The number of nitrogens with one attached hydrogen (secondary N) is 1. The zero-order valence-corrected chi connectivity index (χ0v) is 9.90. The van der Waals surface area contributed by atoms with Gasteiger partial charge in [-0.2, -0.15) is 0 Å². The van der Waals surface area contributed by atoms with Crippen molar-refractivity contribution in [3.8, 4) is 0 Å². The van der Waals surface area contributed by atoms with Gasteiger partial charge in [-0.15, -0.1) is 0 Å². The summed E-state index contributed by atoms with van der Waals surface area (Å²) in [6.45, 7) is 0.890. The molecule has 0 spiro atoms. The van der Waals surface area contributed by atoms with Crippen LogP contribution in [-0.2, 0) is 9.59 Å². The Morgan fingerprint density at radius 1 is 1.21 bits per heavy atom. The number of hydrogen-bond acceptors (Lipinski definition) is 3. The number of carboxylic acid groups (broad SMARTS) is 2. The van der Waals surface area contributed by atoms with E-state index in [0.717, 1.165) is 25.5 Å². The molecule has 1 heterocycles. The van der Waals surface area contributed by atoms with E-state index in [0.29, 0.717) is 5.56 Å². The number of rotatable bonds is 1. The molecule has 7 heteroatoms. The van der Waals surface area contributed by atoms with Crippen molar-refractivity contribution in [3.05, 3.63) is 35.4 Å². The van der Waals surface area contributed by atoms with Crippen LogP contribution in [-0.4, -0.2) is 28.7 Å². The molecular weight excluding hydrogens is 260 g/mol. The van der Waals surface area contributed by atoms with Crippen molar-refractivity contribution < 1.29 is 28.6 Å². The highest BCUT2D eigenvalue weighted by Gasteiger charge is 2.19. The maximum atomic E-state index is 13.2. The molecule has 0 amide bonds. The van der Waals surface area contributed by atoms with Crippen LogP contribution < -0.4 is 5.32 Å². The second-order valence-electron chi connectivity index (χ2n) is 3.93. The molecule has 1 saturated heterocycles. The number of aliphatic carboxylic acids is 2. The average molecular weight is 273 g/mol. The monoisotopic (exact) mass is 273 g/mol. The third-order valence-electron chi connectivity index (χ3n) is 2.58. The van der Waals surface area contributed by atoms with Crippen molar-refractivity contribution in [1.82, 2.24) is 5.32 Å². The number of halogens is 2. The van der Waals surface area contributed by atoms with Crippen molar-refractivity contribution in [2.24, 2.45) is 0 Å². The van der Waals surface area contributed by atoms with Gasteiger partial charge in [0.1, 0.15) is 11.6 Å². The fourth-order valence-electron chi connectivity index (χ4n) is 1.73. The van der Waals surface area contributed by atoms with Gasteiger partial charge >= 0.3 is 11.9 Å². The molecule has 104 valence electrons. The molecule has 1 aliphatic rings. The molecule has 2 rings (SSSR count). The van der Waals surface area contributed by atoms with Crippen molar-refractivity contribution >= 4 is 11.9 Å². The SMILES string of the molecule is Fc1ccc(F)c(C2CCCN2)c1.O=C(O)C(=O)O. The van der Waals surface area contributed by atoms with Crippen LogP contribution in [0, 0.1) is 11.6 Å². The Morgan fingerprint density at radius 3 is 2.32 bits per heavy atom. The van der Waals surface area contributed by atoms with E-state index in [2.05, 4.69) is 5.32 Å². The average Bonchev–Trinajstić information content (AvgIpc) is 2.86. The van der Waals surface area contributed by atoms with Crippen LogP contribution in [0.5, 0.6) is 0 Å². The van der Waals surface area contributed by atoms with Gasteiger partial charge < -0.3 is 15.5 Å². The third kappa shape index (κ3) is 4.63. The fourth-order valence-corrected chi connectivity index (χ4v) is 1.73. The predicted molar refractivity (Wildman–Crippen MR) is 61.6 cm³/mol. The summed E-state index contributed by atoms with van der Waals surface area (Å²) in [5, 5.41) is 17.9. The van der Waals surface area contributed by atoms with Crippen molar-refractivity contribution in [3.63, 3.8) is 0 Å². The normalized spacial score (nSPS) is 17.5. The lowest BCUT2D eigenvalue weighted by Crippen LogP contribution is -2.14. The van der Waals surface area contributed by atoms with Gasteiger partial charge in [0.15, 0.2) is 0 Å². The molecule has 1 aromatic carbocycles. The second-order valence-corrected chi connectivity index (χ2v) is 3.93. The number of carboxylic acids is 2. The molecule has 0 radical (unpaired) electrons. The highest BCUT2D eigenvalue weighted by molar-refractivity contribution is 6.27. The third-order valence-corrected chi connectivity index (χ3v) is 2.58. The quantitative estimate of drug-likeness (QED) is 0.676. The number of carbonyl (C=O) groups is 2. The van der Waals surface area contributed by atoms with E-state index in [1.807, 2.05) is 0 Å². The first-order valence-corrected chi connectivity index (χ1v) is 5.56. The summed E-state index contributed by atoms with van der Waals surface area (Å²) in [4.78, 5) is 18.2. The van der Waals surface area contributed by atoms with E-state index in [4.69, 9.17) is 19.8 Å². The molecule has 1 atom stereocenters. The molecule has 0 saturated carbocycles. The molecule has 1 aromatic rings. The Labute approximate surface area is 107 Å². The molecule has 0 aromatic heterocycles. The molecule has 5 nitrogen and oxygen atoms in total. The molecule has 0 bridgehead atoms. The summed E-state index contributed by atoms with van der Waals surface area (Å²) < 4.78 is 26.0. The zero-order valence-electron chi connectivity index (χ0n) is 9.90. The van der Waals surface area contributed by atoms with Crippen LogP contribution in [0.1, 0.15) is 24.4 Å². The predicted octanol–water partition coefficient (Wildman–Crippen LogP) is 1.54. The van der Waals surface area contributed by atoms with E-state index in [-0.39, 0.29) is 17.7 Å². The molecular formula is C12H13F2NO4. The second kappa shape index (κ2) is 6.79. The summed E-state index contributed by atoms with van der Waals surface area (Å²) in [6.07, 6.45) is 1.92. The van der Waals surface area contributed by atoms with Crippen LogP contribution in [0.2, 0.25) is 0 Å². The minimum absolute atomic E-state index is 0.00398. The summed E-state index contributed by atoms with van der Waals surface area (Å²) in [5.74, 6) is -4.34. The van der Waals surface area contributed by atoms with E-state index >= 15 is 0 Å². The standard InChI is InChI=1S/C10H11F2N.C2H2O4/c11-7-3-4-9(12)8(6-7)10-2-1-5-13-10;3-1(4)2(5)6/h3-4,6,10,13H,1-2,5H2;(H,3,4)(H,5,6). The lowest BCUT2D eigenvalue weighted by molar-refractivity contribution is -0.159. The van der Waals surface area contributed by atoms with Crippen LogP contribution in [0.3, 0.4) is 0 Å². The summed E-state index contributed by atoms with van der Waals surface area (Å²) in [5.41, 5.74) is 0.456. The van der Waals surface area contributed by atoms with E-state index in [1.54, 1.807) is 0 Å². The van der Waals surface area contributed by atoms with Crippen LogP contribution >= 0.6 is 0 Å². The van der Waals surface area contributed by atoms with Gasteiger partial charge in [-0.3, -0.25) is 0 Å². The van der Waals surface area contributed by atoms with Gasteiger partial charge in [0.25, 0.3) is 0 Å². The lowest BCUT2D eigenvalue weighted by Gasteiger charge is -2.11. The first-order valence-electron chi connectivity index (χ1n) is 5.56. The zero-order chi connectivity index (χ0) is 14.4. The van der Waals surface area contributed by atoms with Gasteiger partial charge in [-0.1, -0.05) is 0 Å². The molecule has 19 heavy (non-hydrogen) atoms. The van der Waals surface area contributed by atoms with Crippen molar-refractivity contribution in [2.75, 3.05) is 6.54 Å². The maximum Gasteiger partial charge on any atom is 0.414 e. The van der Waals surface area contributed by atoms with Gasteiger partial charge in [0, 0.05) is 11.6 Å². The molecule has 3 N–H and O–H groups in total. The Morgan fingerprint density at radius 2 is 1.84 bits per heavy atom. The topological polar surface area (TPSA) is 86.6 Å². The largest absolute Gasteiger partial charge is 0.473 e. The van der Waals surface area contributed by atoms with Gasteiger partial charge in [0.05, 0.1) is 0 Å². The summed E-state index contributed by atoms with van der Waals surface area (Å²) in [6, 6.07) is 3.60. The Hall–Kier alpha value is -2.02. The van der Waals surface area contributed by atoms with Gasteiger partial charge in [-0.05, 0) is 37.6 Å². The molecule has 1 fully saturated rings. The minimum Gasteiger partial charge on any atom is -0.473 e. The molecule has 1 aliphatic heterocycles. The smallest absolute Gasteiger partial charge is 0.414 e. The van der Waals surface area contributed by atoms with Crippen LogP contribution in [0.25, 0.3) is 0 Å². The Bertz CT molecular complexity index is 461. The van der Waals surface area contributed by atoms with Gasteiger partial charge in [-0.25, -0.2) is 18.4 Å². The molecule has 1 unspecified atom stereocenters. The Balaban J connectivity index is 0.000000258. The number of benzene rings is 1. The van der Waals surface area contributed by atoms with E-state index < -0.39 is 11.9 Å². The summed E-state index contributed by atoms with van der Waals surface area (Å²) >= 11 is 0. The highest BCUT2D eigenvalue weighted by atomic mass is 19.1. The Kier molecular flexibility index (Phi) is 5.37. The minimum atomic E-state index is -1.82. The van der Waals surface area contributed by atoms with Gasteiger partial charge in [0.2, 0.25) is 0 Å². The van der Waals surface area contributed by atoms with E-state index in [9.17, 15) is 8.78 Å². The first kappa shape index (κ1) is 15.0. The first-order chi connectivity index (χ1) is 8.91.